The molecule has 3 aromatic heterocycles. The van der Waals surface area contributed by atoms with Gasteiger partial charge in [0.1, 0.15) is 12.1 Å². The Labute approximate surface area is 166 Å². The van der Waals surface area contributed by atoms with Gasteiger partial charge in [0.2, 0.25) is 5.95 Å². The first-order valence-electron chi connectivity index (χ1n) is 8.90. The molecule has 0 bridgehead atoms. The van der Waals surface area contributed by atoms with Crippen LogP contribution in [0.1, 0.15) is 18.5 Å². The van der Waals surface area contributed by atoms with Gasteiger partial charge in [0.05, 0.1) is 29.4 Å². The predicted octanol–water partition coefficient (Wildman–Crippen LogP) is 3.56. The van der Waals surface area contributed by atoms with Crippen LogP contribution in [0.3, 0.4) is 0 Å². The number of benzene rings is 1. The lowest BCUT2D eigenvalue weighted by atomic mass is 10.1. The molecule has 9 heteroatoms. The molecule has 0 saturated carbocycles. The fourth-order valence-corrected chi connectivity index (χ4v) is 3.27. The number of halogens is 1. The zero-order valence-electron chi connectivity index (χ0n) is 15.6. The van der Waals surface area contributed by atoms with Gasteiger partial charge in [-0.2, -0.15) is 9.61 Å². The molecular weight excluding hydrogens is 378 g/mol. The van der Waals surface area contributed by atoms with Crippen LogP contribution in [0.4, 0.5) is 11.8 Å². The van der Waals surface area contributed by atoms with Crippen LogP contribution in [0.2, 0.25) is 5.02 Å². The first-order valence-corrected chi connectivity index (χ1v) is 9.28. The Morgan fingerprint density at radius 3 is 3.00 bits per heavy atom. The van der Waals surface area contributed by atoms with E-state index in [0.29, 0.717) is 24.1 Å². The van der Waals surface area contributed by atoms with Crippen molar-refractivity contribution >= 4 is 39.9 Å². The maximum absolute atomic E-state index is 6.35. The first-order chi connectivity index (χ1) is 13.7. The lowest BCUT2D eigenvalue weighted by molar-refractivity contribution is 0.210. The molecule has 0 aliphatic heterocycles. The van der Waals surface area contributed by atoms with Crippen molar-refractivity contribution in [3.63, 3.8) is 0 Å². The van der Waals surface area contributed by atoms with Gasteiger partial charge in [-0.15, -0.1) is 0 Å². The van der Waals surface area contributed by atoms with E-state index < -0.39 is 0 Å². The van der Waals surface area contributed by atoms with Crippen LogP contribution in [0.5, 0.6) is 0 Å². The highest BCUT2D eigenvalue weighted by atomic mass is 35.5. The van der Waals surface area contributed by atoms with Crippen LogP contribution in [-0.2, 0) is 4.74 Å². The quantitative estimate of drug-likeness (QED) is 0.461. The molecule has 3 heterocycles. The normalized spacial score (nSPS) is 12.4. The summed E-state index contributed by atoms with van der Waals surface area (Å²) in [6.07, 6.45) is 3.21. The van der Waals surface area contributed by atoms with Gasteiger partial charge in [-0.3, -0.25) is 0 Å². The molecule has 144 valence electrons. The van der Waals surface area contributed by atoms with Gasteiger partial charge < -0.3 is 15.4 Å². The minimum atomic E-state index is -0.0942. The number of methoxy groups -OCH3 is 1. The number of aromatic nitrogens is 5. The summed E-state index contributed by atoms with van der Waals surface area (Å²) in [4.78, 5) is 13.3. The largest absolute Gasteiger partial charge is 0.383 e. The minimum Gasteiger partial charge on any atom is -0.383 e. The van der Waals surface area contributed by atoms with Crippen LogP contribution in [0.15, 0.2) is 42.9 Å². The Morgan fingerprint density at radius 1 is 1.25 bits per heavy atom. The van der Waals surface area contributed by atoms with E-state index in [4.69, 9.17) is 21.3 Å². The molecular formula is C19H20ClN7O. The van der Waals surface area contributed by atoms with Crippen molar-refractivity contribution in [2.45, 2.75) is 13.0 Å². The third-order valence-corrected chi connectivity index (χ3v) is 4.74. The van der Waals surface area contributed by atoms with Crippen molar-refractivity contribution in [3.05, 3.63) is 53.4 Å². The number of ether oxygens (including phenoxy) is 1. The smallest absolute Gasteiger partial charge is 0.227 e. The molecule has 0 radical (unpaired) electrons. The summed E-state index contributed by atoms with van der Waals surface area (Å²) in [6, 6.07) is 9.58. The fraction of sp³-hybridized carbons (Fsp3) is 0.263. The minimum absolute atomic E-state index is 0.0942. The molecule has 1 aromatic carbocycles. The second kappa shape index (κ2) is 7.95. The molecule has 8 nitrogen and oxygen atoms in total. The molecule has 28 heavy (non-hydrogen) atoms. The summed E-state index contributed by atoms with van der Waals surface area (Å²) in [5, 5.41) is 12.6. The summed E-state index contributed by atoms with van der Waals surface area (Å²) in [6.45, 7) is 3.26. The molecule has 0 amide bonds. The van der Waals surface area contributed by atoms with Crippen molar-refractivity contribution in [2.24, 2.45) is 0 Å². The number of rotatable bonds is 7. The molecule has 0 saturated heterocycles. The van der Waals surface area contributed by atoms with Gasteiger partial charge in [-0.1, -0.05) is 23.7 Å². The second-order valence-electron chi connectivity index (χ2n) is 6.32. The number of hydrogen-bond acceptors (Lipinski definition) is 7. The van der Waals surface area contributed by atoms with E-state index in [9.17, 15) is 0 Å². The van der Waals surface area contributed by atoms with Crippen molar-refractivity contribution in [2.75, 3.05) is 30.9 Å². The van der Waals surface area contributed by atoms with Gasteiger partial charge in [0, 0.05) is 30.7 Å². The molecule has 1 unspecified atom stereocenters. The summed E-state index contributed by atoms with van der Waals surface area (Å²) < 4.78 is 6.82. The lowest BCUT2D eigenvalue weighted by Gasteiger charge is -2.20. The van der Waals surface area contributed by atoms with E-state index in [1.54, 1.807) is 17.8 Å². The van der Waals surface area contributed by atoms with E-state index in [-0.39, 0.29) is 6.04 Å². The SMILES string of the molecule is COCCNc1nc2c(Cl)cccc2cc1C(C)Nc1ncnc2ccnn12. The summed E-state index contributed by atoms with van der Waals surface area (Å²) in [5.74, 6) is 1.36. The highest BCUT2D eigenvalue weighted by Gasteiger charge is 2.16. The van der Waals surface area contributed by atoms with Gasteiger partial charge in [-0.05, 0) is 19.1 Å². The molecule has 0 spiro atoms. The predicted molar refractivity (Wildman–Crippen MR) is 110 cm³/mol. The number of nitrogens with one attached hydrogen (secondary N) is 2. The zero-order valence-corrected chi connectivity index (χ0v) is 16.3. The van der Waals surface area contributed by atoms with Crippen LogP contribution in [-0.4, -0.2) is 44.8 Å². The highest BCUT2D eigenvalue weighted by molar-refractivity contribution is 6.35. The molecule has 0 aliphatic carbocycles. The van der Waals surface area contributed by atoms with Crippen LogP contribution >= 0.6 is 11.6 Å². The van der Waals surface area contributed by atoms with E-state index in [1.807, 2.05) is 31.2 Å². The van der Waals surface area contributed by atoms with Crippen LogP contribution < -0.4 is 10.6 Å². The topological polar surface area (TPSA) is 89.3 Å². The molecule has 0 aliphatic rings. The zero-order chi connectivity index (χ0) is 19.5. The van der Waals surface area contributed by atoms with E-state index >= 15 is 0 Å². The Bertz CT molecular complexity index is 1110. The highest BCUT2D eigenvalue weighted by Crippen LogP contribution is 2.30. The molecule has 4 aromatic rings. The van der Waals surface area contributed by atoms with Crippen molar-refractivity contribution in [3.8, 4) is 0 Å². The van der Waals surface area contributed by atoms with Crippen molar-refractivity contribution in [1.82, 2.24) is 24.6 Å². The van der Waals surface area contributed by atoms with E-state index in [0.717, 1.165) is 27.9 Å². The van der Waals surface area contributed by atoms with Gasteiger partial charge in [0.15, 0.2) is 5.65 Å². The maximum atomic E-state index is 6.35. The number of nitrogens with zero attached hydrogens (tertiary/aromatic N) is 5. The Kier molecular flexibility index (Phi) is 5.23. The monoisotopic (exact) mass is 397 g/mol. The number of fused-ring (bicyclic) bond motifs is 2. The van der Waals surface area contributed by atoms with Gasteiger partial charge in [0.25, 0.3) is 0 Å². The third kappa shape index (κ3) is 3.56. The van der Waals surface area contributed by atoms with Crippen molar-refractivity contribution < 1.29 is 4.74 Å². The second-order valence-corrected chi connectivity index (χ2v) is 6.73. The number of anilines is 2. The van der Waals surface area contributed by atoms with Gasteiger partial charge in [-0.25, -0.2) is 15.0 Å². The molecule has 0 fully saturated rings. The van der Waals surface area contributed by atoms with E-state index in [1.165, 1.54) is 6.33 Å². The summed E-state index contributed by atoms with van der Waals surface area (Å²) in [5.41, 5.74) is 2.48. The Balaban J connectivity index is 1.72. The number of hydrogen-bond donors (Lipinski definition) is 2. The Morgan fingerprint density at radius 2 is 2.14 bits per heavy atom. The summed E-state index contributed by atoms with van der Waals surface area (Å²) >= 11 is 6.35. The molecule has 4 rings (SSSR count). The number of pyridine rings is 1. The van der Waals surface area contributed by atoms with Crippen LogP contribution in [0, 0.1) is 0 Å². The van der Waals surface area contributed by atoms with Gasteiger partial charge >= 0.3 is 0 Å². The standard InChI is InChI=1S/C19H20ClN7O/c1-12(25-19-23-11-22-16-6-7-24-27(16)19)14-10-13-4-3-5-15(20)17(13)26-18(14)21-8-9-28-2/h3-7,10-12H,8-9H2,1-2H3,(H,21,26)(H,22,23,25). The van der Waals surface area contributed by atoms with Crippen molar-refractivity contribution in [1.29, 1.82) is 0 Å². The average molecular weight is 398 g/mol. The average Bonchev–Trinajstić information content (AvgIpc) is 3.18. The van der Waals surface area contributed by atoms with E-state index in [2.05, 4.69) is 31.8 Å². The molecule has 1 atom stereocenters. The number of para-hydroxylation sites is 1. The lowest BCUT2D eigenvalue weighted by Crippen LogP contribution is -2.17. The summed E-state index contributed by atoms with van der Waals surface area (Å²) in [7, 11) is 1.67. The fourth-order valence-electron chi connectivity index (χ4n) is 3.05. The van der Waals surface area contributed by atoms with Crippen LogP contribution in [0.25, 0.3) is 16.6 Å². The Hall–Kier alpha value is -2.97. The first kappa shape index (κ1) is 18.4. The third-order valence-electron chi connectivity index (χ3n) is 4.43. The molecule has 2 N–H and O–H groups in total. The maximum Gasteiger partial charge on any atom is 0.227 e.